The molecule has 1 aliphatic carbocycles. The van der Waals surface area contributed by atoms with Crippen LogP contribution in [0.2, 0.25) is 0 Å². The number of nitrogens with two attached hydrogens (primary N) is 1. The van der Waals surface area contributed by atoms with Gasteiger partial charge in [0.05, 0.1) is 88.9 Å². The van der Waals surface area contributed by atoms with Crippen molar-refractivity contribution in [1.82, 2.24) is 30.4 Å². The van der Waals surface area contributed by atoms with Crippen molar-refractivity contribution >= 4 is 29.5 Å². The highest BCUT2D eigenvalue weighted by Gasteiger charge is 2.64. The van der Waals surface area contributed by atoms with E-state index in [1.165, 1.54) is 5.06 Å². The number of rotatable bonds is 31. The minimum Gasteiger partial charge on any atom is -0.379 e. The molecule has 0 aromatic heterocycles. The third-order valence-electron chi connectivity index (χ3n) is 14.6. The van der Waals surface area contributed by atoms with Crippen LogP contribution in [0.1, 0.15) is 105 Å². The van der Waals surface area contributed by atoms with Gasteiger partial charge in [0.1, 0.15) is 11.6 Å². The molecular weight excluding hydrogens is 899 g/mol. The number of hydrogen-bond donors (Lipinski definition) is 3. The second-order valence-electron chi connectivity index (χ2n) is 20.2. The van der Waals surface area contributed by atoms with Crippen LogP contribution in [-0.2, 0) is 52.5 Å². The molecule has 10 atom stereocenters. The SMILES string of the molecule is CC[C@H](C)[C@@H]([C@@H](CC(=O)N1CCC[C@H]1[C@H](OC)[C@@H](C)C(=O)N[C@@]1(C(=O)N2CCCCO2)C[C@@H]1c1ccccc1)OC)N(C)C(=O)[C@@H](NC(=O)[C@H](C(C)C)N(C)CCOCCOCCOCCN)C(C)C. The number of benzene rings is 1. The van der Waals surface area contributed by atoms with Gasteiger partial charge in [0.15, 0.2) is 0 Å². The van der Waals surface area contributed by atoms with Crippen molar-refractivity contribution in [3.8, 4) is 0 Å². The van der Waals surface area contributed by atoms with Gasteiger partial charge < -0.3 is 49.9 Å². The van der Waals surface area contributed by atoms with Gasteiger partial charge in [-0.05, 0) is 62.5 Å². The van der Waals surface area contributed by atoms with Crippen molar-refractivity contribution in [3.05, 3.63) is 35.9 Å². The van der Waals surface area contributed by atoms with Crippen LogP contribution in [-0.4, -0.2) is 192 Å². The molecule has 1 saturated carbocycles. The number of likely N-dealkylation sites (N-methyl/N-ethyl adjacent to an activating group) is 2. The fraction of sp³-hybridized carbons (Fsp3) is 0.788. The van der Waals surface area contributed by atoms with Crippen LogP contribution in [0.5, 0.6) is 0 Å². The molecule has 0 spiro atoms. The number of hydroxylamine groups is 2. The van der Waals surface area contributed by atoms with Crippen molar-refractivity contribution in [2.45, 2.75) is 141 Å². The molecule has 1 aromatic rings. The van der Waals surface area contributed by atoms with Gasteiger partial charge in [-0.25, -0.2) is 5.06 Å². The summed E-state index contributed by atoms with van der Waals surface area (Å²) in [5.41, 5.74) is 5.26. The molecular formula is C52H89N7O11. The number of hydrogen-bond acceptors (Lipinski definition) is 13. The maximum absolute atomic E-state index is 14.6. The molecule has 0 unspecified atom stereocenters. The zero-order valence-electron chi connectivity index (χ0n) is 44.3. The monoisotopic (exact) mass is 988 g/mol. The Morgan fingerprint density at radius 2 is 1.50 bits per heavy atom. The number of nitrogens with zero attached hydrogens (tertiary/aromatic N) is 4. The molecule has 4 N–H and O–H groups in total. The summed E-state index contributed by atoms with van der Waals surface area (Å²) in [6, 6.07) is 7.46. The van der Waals surface area contributed by atoms with E-state index in [0.717, 1.165) is 24.8 Å². The summed E-state index contributed by atoms with van der Waals surface area (Å²) in [5.74, 6) is -2.55. The molecule has 5 amide bonds. The Kier molecular flexibility index (Phi) is 24.4. The Balaban J connectivity index is 1.42. The van der Waals surface area contributed by atoms with E-state index in [-0.39, 0.29) is 59.6 Å². The van der Waals surface area contributed by atoms with Crippen LogP contribution in [0.3, 0.4) is 0 Å². The van der Waals surface area contributed by atoms with E-state index in [0.29, 0.717) is 91.7 Å². The summed E-state index contributed by atoms with van der Waals surface area (Å²) in [7, 11) is 6.73. The Bertz CT molecular complexity index is 1770. The van der Waals surface area contributed by atoms with Gasteiger partial charge in [-0.2, -0.15) is 0 Å². The fourth-order valence-electron chi connectivity index (χ4n) is 10.4. The highest BCUT2D eigenvalue weighted by Crippen LogP contribution is 2.53. The topological polar surface area (TPSA) is 204 Å². The van der Waals surface area contributed by atoms with Gasteiger partial charge in [-0.3, -0.25) is 33.7 Å². The number of ether oxygens (including phenoxy) is 5. The van der Waals surface area contributed by atoms with Crippen LogP contribution in [0.4, 0.5) is 0 Å². The number of nitrogens with one attached hydrogen (secondary N) is 2. The number of likely N-dealkylation sites (tertiary alicyclic amines) is 1. The Morgan fingerprint density at radius 3 is 2.07 bits per heavy atom. The van der Waals surface area contributed by atoms with Crippen LogP contribution in [0.25, 0.3) is 0 Å². The lowest BCUT2D eigenvalue weighted by molar-refractivity contribution is -0.200. The summed E-state index contributed by atoms with van der Waals surface area (Å²) >= 11 is 0. The van der Waals surface area contributed by atoms with Crippen molar-refractivity contribution in [2.75, 3.05) is 101 Å². The molecule has 2 aliphatic heterocycles. The first-order chi connectivity index (χ1) is 33.5. The fourth-order valence-corrected chi connectivity index (χ4v) is 10.4. The van der Waals surface area contributed by atoms with E-state index in [9.17, 15) is 24.0 Å². The summed E-state index contributed by atoms with van der Waals surface area (Å²) in [4.78, 5) is 83.0. The summed E-state index contributed by atoms with van der Waals surface area (Å²) in [5, 5.41) is 7.69. The van der Waals surface area contributed by atoms with Crippen molar-refractivity contribution < 1.29 is 52.5 Å². The van der Waals surface area contributed by atoms with Crippen LogP contribution >= 0.6 is 0 Å². The average Bonchev–Trinajstić information content (AvgIpc) is 3.87. The molecule has 18 heteroatoms. The third-order valence-corrected chi connectivity index (χ3v) is 14.6. The minimum atomic E-state index is -1.15. The molecule has 70 heavy (non-hydrogen) atoms. The van der Waals surface area contributed by atoms with Gasteiger partial charge in [-0.1, -0.05) is 85.2 Å². The van der Waals surface area contributed by atoms with Crippen molar-refractivity contribution in [1.29, 1.82) is 0 Å². The van der Waals surface area contributed by atoms with Gasteiger partial charge in [0.25, 0.3) is 5.91 Å². The lowest BCUT2D eigenvalue weighted by Gasteiger charge is -2.41. The second-order valence-corrected chi connectivity index (χ2v) is 20.2. The molecule has 2 saturated heterocycles. The Morgan fingerprint density at radius 1 is 0.843 bits per heavy atom. The average molecular weight is 988 g/mol. The Hall–Kier alpha value is -3.75. The molecule has 398 valence electrons. The molecule has 0 radical (unpaired) electrons. The highest BCUT2D eigenvalue weighted by atomic mass is 16.7. The summed E-state index contributed by atoms with van der Waals surface area (Å²) < 4.78 is 28.9. The van der Waals surface area contributed by atoms with Gasteiger partial charge >= 0.3 is 0 Å². The molecule has 1 aromatic carbocycles. The second kappa shape index (κ2) is 29.1. The standard InChI is InChI=1S/C52H89N7O11/c1-12-37(6)46(57(9)50(63)44(35(2)3)54-49(62)45(36(4)5)56(8)25-28-68-30-32-69-31-29-67-27-22-53)42(65-10)33-43(60)58-23-18-21-41(58)47(66-11)38(7)48(61)55-52(51(64)59-24-16-17-26-70-59)34-40(52)39-19-14-13-15-20-39/h13-15,19-20,35-38,40-42,44-47H,12,16-18,21-34,53H2,1-11H3,(H,54,62)(H,55,61)/t37-,38+,40+,41-,42+,44-,45-,46-,47+,52-/m0/s1. The smallest absolute Gasteiger partial charge is 0.272 e. The first-order valence-corrected chi connectivity index (χ1v) is 25.9. The minimum absolute atomic E-state index is 0.0147. The van der Waals surface area contributed by atoms with E-state index < -0.39 is 47.8 Å². The third kappa shape index (κ3) is 15.6. The lowest BCUT2D eigenvalue weighted by Crippen LogP contribution is -2.60. The van der Waals surface area contributed by atoms with Crippen LogP contribution in [0.15, 0.2) is 30.3 Å². The molecule has 3 aliphatic rings. The first-order valence-electron chi connectivity index (χ1n) is 25.9. The van der Waals surface area contributed by atoms with Gasteiger partial charge in [0.2, 0.25) is 23.6 Å². The zero-order chi connectivity index (χ0) is 51.5. The van der Waals surface area contributed by atoms with E-state index in [1.54, 1.807) is 38.0 Å². The maximum atomic E-state index is 14.6. The quantitative estimate of drug-likeness (QED) is 0.0912. The van der Waals surface area contributed by atoms with Crippen molar-refractivity contribution in [2.24, 2.45) is 29.4 Å². The van der Waals surface area contributed by atoms with E-state index in [2.05, 4.69) is 10.6 Å². The van der Waals surface area contributed by atoms with Crippen LogP contribution in [0, 0.1) is 23.7 Å². The predicted molar refractivity (Wildman–Crippen MR) is 267 cm³/mol. The summed E-state index contributed by atoms with van der Waals surface area (Å²) in [6.07, 6.45) is 2.84. The molecule has 3 fully saturated rings. The van der Waals surface area contributed by atoms with Gasteiger partial charge in [0, 0.05) is 53.4 Å². The number of amides is 5. The number of carbonyl (C=O) groups excluding carboxylic acids is 5. The molecule has 4 rings (SSSR count). The summed E-state index contributed by atoms with van der Waals surface area (Å²) in [6.45, 7) is 18.7. The Labute approximate surface area is 418 Å². The lowest BCUT2D eigenvalue weighted by atomic mass is 9.89. The largest absolute Gasteiger partial charge is 0.379 e. The highest BCUT2D eigenvalue weighted by molar-refractivity contribution is 5.96. The van der Waals surface area contributed by atoms with Gasteiger partial charge in [-0.15, -0.1) is 0 Å². The number of carbonyl (C=O) groups is 5. The molecule has 2 heterocycles. The normalized spacial score (nSPS) is 22.3. The van der Waals surface area contributed by atoms with Crippen molar-refractivity contribution in [3.63, 3.8) is 0 Å². The first kappa shape index (κ1) is 58.8. The van der Waals surface area contributed by atoms with E-state index in [4.69, 9.17) is 34.3 Å². The maximum Gasteiger partial charge on any atom is 0.272 e. The predicted octanol–water partition coefficient (Wildman–Crippen LogP) is 3.61. The number of methoxy groups -OCH3 is 2. The van der Waals surface area contributed by atoms with E-state index in [1.807, 2.05) is 83.8 Å². The zero-order valence-corrected chi connectivity index (χ0v) is 44.3. The van der Waals surface area contributed by atoms with Crippen LogP contribution < -0.4 is 16.4 Å². The van der Waals surface area contributed by atoms with E-state index >= 15 is 0 Å². The molecule has 0 bridgehead atoms. The molecule has 18 nitrogen and oxygen atoms in total.